The molecule has 3 aromatic rings. The van der Waals surface area contributed by atoms with Gasteiger partial charge in [0.15, 0.2) is 5.76 Å². The predicted octanol–water partition coefficient (Wildman–Crippen LogP) is 3.50. The Morgan fingerprint density at radius 2 is 1.88 bits per heavy atom. The number of para-hydroxylation sites is 1. The van der Waals surface area contributed by atoms with E-state index in [1.807, 2.05) is 6.92 Å². The smallest absolute Gasteiger partial charge is 0.292 e. The molecule has 0 atom stereocenters. The molecule has 1 aromatic carbocycles. The zero-order chi connectivity index (χ0) is 18.5. The lowest BCUT2D eigenvalue weighted by atomic mass is 10.1. The minimum Gasteiger partial charge on any atom is -0.496 e. The highest BCUT2D eigenvalue weighted by Crippen LogP contribution is 2.22. The van der Waals surface area contributed by atoms with Crippen molar-refractivity contribution in [2.24, 2.45) is 0 Å². The van der Waals surface area contributed by atoms with Crippen molar-refractivity contribution in [1.82, 2.24) is 4.98 Å². The zero-order valence-corrected chi connectivity index (χ0v) is 14.3. The van der Waals surface area contributed by atoms with E-state index in [9.17, 15) is 9.59 Å². The van der Waals surface area contributed by atoms with Crippen LogP contribution in [0.5, 0.6) is 5.75 Å². The van der Waals surface area contributed by atoms with Crippen molar-refractivity contribution in [3.63, 3.8) is 0 Å². The van der Waals surface area contributed by atoms with Gasteiger partial charge in [0.25, 0.3) is 11.8 Å². The van der Waals surface area contributed by atoms with Crippen LogP contribution in [0.4, 0.5) is 11.5 Å². The summed E-state index contributed by atoms with van der Waals surface area (Å²) >= 11 is 0. The maximum Gasteiger partial charge on any atom is 0.292 e. The standard InChI is InChI=1S/C19H17N3O4/c1-12-10-17(22-19(24)16-8-5-9-26-16)20-11-14(12)21-18(23)13-6-3-4-7-15(13)25-2/h3-11H,1-2H3,(H,21,23)(H,20,22,24). The molecule has 0 aliphatic rings. The number of amides is 2. The molecule has 2 amide bonds. The van der Waals surface area contributed by atoms with Crippen LogP contribution in [0.2, 0.25) is 0 Å². The Bertz CT molecular complexity index is 936. The predicted molar refractivity (Wildman–Crippen MR) is 96.6 cm³/mol. The molecule has 0 bridgehead atoms. The van der Waals surface area contributed by atoms with Gasteiger partial charge in [0.05, 0.1) is 30.8 Å². The second-order valence-electron chi connectivity index (χ2n) is 5.47. The van der Waals surface area contributed by atoms with Gasteiger partial charge in [0.2, 0.25) is 0 Å². The number of carbonyl (C=O) groups is 2. The first-order valence-electron chi connectivity index (χ1n) is 7.84. The number of nitrogens with one attached hydrogen (secondary N) is 2. The highest BCUT2D eigenvalue weighted by molar-refractivity contribution is 6.06. The number of ether oxygens (including phenoxy) is 1. The van der Waals surface area contributed by atoms with Gasteiger partial charge in [-0.3, -0.25) is 9.59 Å². The second-order valence-corrected chi connectivity index (χ2v) is 5.47. The van der Waals surface area contributed by atoms with E-state index in [1.165, 1.54) is 19.6 Å². The number of carbonyl (C=O) groups excluding carboxylic acids is 2. The normalized spacial score (nSPS) is 10.2. The SMILES string of the molecule is COc1ccccc1C(=O)Nc1cnc(NC(=O)c2ccco2)cc1C. The van der Waals surface area contributed by atoms with Crippen LogP contribution in [0.3, 0.4) is 0 Å². The summed E-state index contributed by atoms with van der Waals surface area (Å²) in [5.74, 6) is 0.336. The summed E-state index contributed by atoms with van der Waals surface area (Å²) in [4.78, 5) is 28.6. The van der Waals surface area contributed by atoms with Crippen molar-refractivity contribution in [3.8, 4) is 5.75 Å². The van der Waals surface area contributed by atoms with E-state index >= 15 is 0 Å². The minimum atomic E-state index is -0.396. The molecular weight excluding hydrogens is 334 g/mol. The lowest BCUT2D eigenvalue weighted by molar-refractivity contribution is 0.0993. The van der Waals surface area contributed by atoms with Gasteiger partial charge in [-0.15, -0.1) is 0 Å². The van der Waals surface area contributed by atoms with E-state index in [4.69, 9.17) is 9.15 Å². The number of methoxy groups -OCH3 is 1. The van der Waals surface area contributed by atoms with E-state index in [0.29, 0.717) is 22.8 Å². The molecule has 132 valence electrons. The third-order valence-corrected chi connectivity index (χ3v) is 3.70. The Labute approximate surface area is 150 Å². The number of furan rings is 1. The van der Waals surface area contributed by atoms with E-state index in [-0.39, 0.29) is 11.7 Å². The first-order chi connectivity index (χ1) is 12.6. The number of rotatable bonds is 5. The Kier molecular flexibility index (Phi) is 4.98. The van der Waals surface area contributed by atoms with Crippen LogP contribution < -0.4 is 15.4 Å². The molecule has 7 heteroatoms. The number of hydrogen-bond donors (Lipinski definition) is 2. The number of pyridine rings is 1. The first-order valence-corrected chi connectivity index (χ1v) is 7.84. The molecule has 0 unspecified atom stereocenters. The molecule has 0 aliphatic heterocycles. The first kappa shape index (κ1) is 17.2. The van der Waals surface area contributed by atoms with Crippen molar-refractivity contribution >= 4 is 23.3 Å². The maximum atomic E-state index is 12.5. The molecule has 2 N–H and O–H groups in total. The molecule has 26 heavy (non-hydrogen) atoms. The van der Waals surface area contributed by atoms with Crippen LogP contribution in [-0.2, 0) is 0 Å². The number of anilines is 2. The number of aromatic nitrogens is 1. The van der Waals surface area contributed by atoms with Gasteiger partial charge in [0.1, 0.15) is 11.6 Å². The van der Waals surface area contributed by atoms with Crippen molar-refractivity contribution in [1.29, 1.82) is 0 Å². The lowest BCUT2D eigenvalue weighted by Crippen LogP contribution is -2.15. The molecule has 2 aromatic heterocycles. The van der Waals surface area contributed by atoms with Crippen LogP contribution in [0.15, 0.2) is 59.3 Å². The van der Waals surface area contributed by atoms with Gasteiger partial charge in [-0.05, 0) is 42.8 Å². The van der Waals surface area contributed by atoms with Crippen LogP contribution >= 0.6 is 0 Å². The molecule has 2 heterocycles. The van der Waals surface area contributed by atoms with E-state index in [0.717, 1.165) is 5.56 Å². The van der Waals surface area contributed by atoms with Crippen LogP contribution in [0, 0.1) is 6.92 Å². The Balaban J connectivity index is 1.73. The van der Waals surface area contributed by atoms with Gasteiger partial charge < -0.3 is 19.8 Å². The summed E-state index contributed by atoms with van der Waals surface area (Å²) in [5, 5.41) is 5.44. The molecule has 3 rings (SSSR count). The number of hydrogen-bond acceptors (Lipinski definition) is 5. The fourth-order valence-electron chi connectivity index (χ4n) is 2.36. The highest BCUT2D eigenvalue weighted by Gasteiger charge is 2.14. The molecule has 0 fully saturated rings. The van der Waals surface area contributed by atoms with E-state index in [2.05, 4.69) is 15.6 Å². The molecule has 0 saturated heterocycles. The zero-order valence-electron chi connectivity index (χ0n) is 14.3. The highest BCUT2D eigenvalue weighted by atomic mass is 16.5. The topological polar surface area (TPSA) is 93.5 Å². The molecule has 0 aliphatic carbocycles. The molecule has 0 saturated carbocycles. The van der Waals surface area contributed by atoms with Crippen molar-refractivity contribution in [2.75, 3.05) is 17.7 Å². The lowest BCUT2D eigenvalue weighted by Gasteiger charge is -2.12. The summed E-state index contributed by atoms with van der Waals surface area (Å²) in [6.45, 7) is 1.81. The molecule has 0 spiro atoms. The van der Waals surface area contributed by atoms with E-state index in [1.54, 1.807) is 42.5 Å². The van der Waals surface area contributed by atoms with Crippen molar-refractivity contribution < 1.29 is 18.7 Å². The van der Waals surface area contributed by atoms with Crippen molar-refractivity contribution in [3.05, 3.63) is 71.8 Å². The van der Waals surface area contributed by atoms with Gasteiger partial charge >= 0.3 is 0 Å². The monoisotopic (exact) mass is 351 g/mol. The van der Waals surface area contributed by atoms with Gasteiger partial charge in [-0.2, -0.15) is 0 Å². The quantitative estimate of drug-likeness (QED) is 0.734. The second kappa shape index (κ2) is 7.52. The number of nitrogens with zero attached hydrogens (tertiary/aromatic N) is 1. The average Bonchev–Trinajstić information content (AvgIpc) is 3.18. The Morgan fingerprint density at radius 3 is 2.58 bits per heavy atom. The summed E-state index contributed by atoms with van der Waals surface area (Å²) in [6.07, 6.45) is 2.91. The molecular formula is C19H17N3O4. The molecule has 7 nitrogen and oxygen atoms in total. The van der Waals surface area contributed by atoms with Gasteiger partial charge in [-0.1, -0.05) is 12.1 Å². The Hall–Kier alpha value is -3.61. The number of aryl methyl sites for hydroxylation is 1. The number of benzene rings is 1. The summed E-state index contributed by atoms with van der Waals surface area (Å²) in [6, 6.07) is 11.8. The van der Waals surface area contributed by atoms with Gasteiger partial charge in [-0.25, -0.2) is 4.98 Å². The van der Waals surface area contributed by atoms with Crippen molar-refractivity contribution in [2.45, 2.75) is 6.92 Å². The third kappa shape index (κ3) is 3.72. The van der Waals surface area contributed by atoms with Crippen LogP contribution in [0.25, 0.3) is 0 Å². The summed E-state index contributed by atoms with van der Waals surface area (Å²) in [5.41, 5.74) is 1.71. The average molecular weight is 351 g/mol. The largest absolute Gasteiger partial charge is 0.496 e. The van der Waals surface area contributed by atoms with Gasteiger partial charge in [0, 0.05) is 0 Å². The summed E-state index contributed by atoms with van der Waals surface area (Å²) < 4.78 is 10.2. The van der Waals surface area contributed by atoms with Crippen LogP contribution in [-0.4, -0.2) is 23.9 Å². The molecule has 0 radical (unpaired) electrons. The Morgan fingerprint density at radius 1 is 1.08 bits per heavy atom. The van der Waals surface area contributed by atoms with E-state index < -0.39 is 5.91 Å². The fraction of sp³-hybridized carbons (Fsp3) is 0.105. The minimum absolute atomic E-state index is 0.193. The maximum absolute atomic E-state index is 12.5. The fourth-order valence-corrected chi connectivity index (χ4v) is 2.36. The van der Waals surface area contributed by atoms with Crippen LogP contribution in [0.1, 0.15) is 26.5 Å². The third-order valence-electron chi connectivity index (χ3n) is 3.70. The summed E-state index contributed by atoms with van der Waals surface area (Å²) in [7, 11) is 1.51.